The van der Waals surface area contributed by atoms with Crippen LogP contribution in [-0.4, -0.2) is 26.2 Å². The van der Waals surface area contributed by atoms with Crippen LogP contribution in [0.3, 0.4) is 0 Å². The summed E-state index contributed by atoms with van der Waals surface area (Å²) in [5, 5.41) is 4.34. The summed E-state index contributed by atoms with van der Waals surface area (Å²) in [6, 6.07) is 10.6. The van der Waals surface area contributed by atoms with Crippen molar-refractivity contribution in [3.05, 3.63) is 63.7 Å². The smallest absolute Gasteiger partial charge is 0.262 e. The molecule has 0 saturated carbocycles. The summed E-state index contributed by atoms with van der Waals surface area (Å²) >= 11 is 7.29. The molecule has 0 aliphatic heterocycles. The van der Waals surface area contributed by atoms with Crippen molar-refractivity contribution >= 4 is 40.2 Å². The van der Waals surface area contributed by atoms with Crippen LogP contribution in [0.5, 0.6) is 0 Å². The van der Waals surface area contributed by atoms with Crippen LogP contribution in [0.15, 0.2) is 52.5 Å². The van der Waals surface area contributed by atoms with Gasteiger partial charge in [0, 0.05) is 17.8 Å². The number of nitrogens with one attached hydrogen (secondary N) is 1. The number of pyridine rings is 1. The van der Waals surface area contributed by atoms with Gasteiger partial charge in [0.25, 0.3) is 5.56 Å². The van der Waals surface area contributed by atoms with Crippen molar-refractivity contribution in [2.45, 2.75) is 32.1 Å². The fourth-order valence-electron chi connectivity index (χ4n) is 2.68. The Morgan fingerprint density at radius 1 is 1.29 bits per heavy atom. The summed E-state index contributed by atoms with van der Waals surface area (Å²) in [5.74, 6) is 0.280. The van der Waals surface area contributed by atoms with Gasteiger partial charge in [0.1, 0.15) is 0 Å². The van der Waals surface area contributed by atoms with Crippen molar-refractivity contribution in [3.63, 3.8) is 0 Å². The van der Waals surface area contributed by atoms with Gasteiger partial charge >= 0.3 is 0 Å². The Balaban J connectivity index is 1.78. The second kappa shape index (κ2) is 9.21. The monoisotopic (exact) mass is 416 g/mol. The minimum absolute atomic E-state index is 0.141. The highest BCUT2D eigenvalue weighted by Crippen LogP contribution is 2.21. The highest BCUT2D eigenvalue weighted by atomic mass is 35.5. The van der Waals surface area contributed by atoms with Crippen LogP contribution in [0, 0.1) is 5.92 Å². The lowest BCUT2D eigenvalue weighted by molar-refractivity contribution is -0.118. The van der Waals surface area contributed by atoms with E-state index in [0.717, 1.165) is 5.69 Å². The van der Waals surface area contributed by atoms with E-state index in [-0.39, 0.29) is 23.1 Å². The van der Waals surface area contributed by atoms with Gasteiger partial charge in [-0.3, -0.25) is 19.1 Å². The predicted molar refractivity (Wildman–Crippen MR) is 113 cm³/mol. The number of nitrogens with zero attached hydrogens (tertiary/aromatic N) is 3. The number of rotatable bonds is 7. The van der Waals surface area contributed by atoms with Crippen molar-refractivity contribution in [2.24, 2.45) is 5.92 Å². The first-order valence-electron chi connectivity index (χ1n) is 8.93. The van der Waals surface area contributed by atoms with Crippen LogP contribution in [-0.2, 0) is 17.9 Å². The molecule has 28 heavy (non-hydrogen) atoms. The van der Waals surface area contributed by atoms with Gasteiger partial charge in [0.2, 0.25) is 5.91 Å². The fourth-order valence-corrected chi connectivity index (χ4v) is 3.69. The molecule has 3 rings (SSSR count). The number of fused-ring (bicyclic) bond motifs is 1. The Morgan fingerprint density at radius 2 is 2.11 bits per heavy atom. The average Bonchev–Trinajstić information content (AvgIpc) is 2.68. The van der Waals surface area contributed by atoms with Crippen molar-refractivity contribution in [1.82, 2.24) is 19.9 Å². The van der Waals surface area contributed by atoms with E-state index in [1.165, 1.54) is 11.8 Å². The molecule has 1 amide bonds. The number of carbonyl (C=O) groups is 1. The number of halogens is 1. The molecule has 0 unspecified atom stereocenters. The molecule has 0 fully saturated rings. The molecule has 6 nitrogen and oxygen atoms in total. The van der Waals surface area contributed by atoms with E-state index in [4.69, 9.17) is 11.6 Å². The first kappa shape index (κ1) is 20.4. The van der Waals surface area contributed by atoms with E-state index in [9.17, 15) is 9.59 Å². The SMILES string of the molecule is CC(C)Cn1c(SCC(=O)NCc2ccccn2)nc2ccc(Cl)cc2c1=O. The lowest BCUT2D eigenvalue weighted by Crippen LogP contribution is -2.28. The number of aromatic nitrogens is 3. The van der Waals surface area contributed by atoms with Crippen LogP contribution >= 0.6 is 23.4 Å². The molecule has 8 heteroatoms. The molecule has 2 aromatic heterocycles. The van der Waals surface area contributed by atoms with Crippen LogP contribution in [0.4, 0.5) is 0 Å². The first-order chi connectivity index (χ1) is 13.4. The van der Waals surface area contributed by atoms with Crippen molar-refractivity contribution < 1.29 is 4.79 Å². The number of carbonyl (C=O) groups excluding carboxylic acids is 1. The Bertz CT molecular complexity index is 1040. The molecular weight excluding hydrogens is 396 g/mol. The van der Waals surface area contributed by atoms with Crippen LogP contribution in [0.25, 0.3) is 10.9 Å². The highest BCUT2D eigenvalue weighted by molar-refractivity contribution is 7.99. The Labute approximate surface area is 172 Å². The second-order valence-corrected chi connectivity index (χ2v) is 8.13. The van der Waals surface area contributed by atoms with Crippen molar-refractivity contribution in [3.8, 4) is 0 Å². The summed E-state index contributed by atoms with van der Waals surface area (Å²) in [6.45, 7) is 4.94. The predicted octanol–water partition coefficient (Wildman–Crippen LogP) is 3.51. The topological polar surface area (TPSA) is 76.9 Å². The Hall–Kier alpha value is -2.38. The van der Waals surface area contributed by atoms with Gasteiger partial charge in [0.15, 0.2) is 5.16 Å². The zero-order valence-corrected chi connectivity index (χ0v) is 17.3. The van der Waals surface area contributed by atoms with E-state index in [2.05, 4.69) is 15.3 Å². The zero-order valence-electron chi connectivity index (χ0n) is 15.7. The van der Waals surface area contributed by atoms with E-state index < -0.39 is 0 Å². The van der Waals surface area contributed by atoms with Crippen molar-refractivity contribution in [2.75, 3.05) is 5.75 Å². The lowest BCUT2D eigenvalue weighted by Gasteiger charge is -2.15. The molecule has 0 saturated heterocycles. The molecule has 0 atom stereocenters. The maximum absolute atomic E-state index is 12.9. The standard InChI is InChI=1S/C20H21ClN4O2S/c1-13(2)11-25-19(27)16-9-14(21)6-7-17(16)24-20(25)28-12-18(26)23-10-15-5-3-4-8-22-15/h3-9,13H,10-12H2,1-2H3,(H,23,26). The van der Waals surface area contributed by atoms with Gasteiger partial charge in [-0.05, 0) is 36.2 Å². The zero-order chi connectivity index (χ0) is 20.1. The van der Waals surface area contributed by atoms with Gasteiger partial charge in [-0.2, -0.15) is 0 Å². The number of hydrogen-bond acceptors (Lipinski definition) is 5. The minimum Gasteiger partial charge on any atom is -0.350 e. The molecule has 146 valence electrons. The molecule has 0 aliphatic rings. The van der Waals surface area contributed by atoms with Crippen LogP contribution in [0.1, 0.15) is 19.5 Å². The summed E-state index contributed by atoms with van der Waals surface area (Å²) in [4.78, 5) is 33.9. The van der Waals surface area contributed by atoms with E-state index in [0.29, 0.717) is 34.2 Å². The summed E-state index contributed by atoms with van der Waals surface area (Å²) in [6.07, 6.45) is 1.69. The third-order valence-corrected chi connectivity index (χ3v) is 5.17. The summed E-state index contributed by atoms with van der Waals surface area (Å²) in [7, 11) is 0. The summed E-state index contributed by atoms with van der Waals surface area (Å²) < 4.78 is 1.63. The Kier molecular flexibility index (Phi) is 6.70. The van der Waals surface area contributed by atoms with Crippen molar-refractivity contribution in [1.29, 1.82) is 0 Å². The molecule has 3 aromatic rings. The molecular formula is C20H21ClN4O2S. The number of amides is 1. The van der Waals surface area contributed by atoms with Crippen LogP contribution in [0.2, 0.25) is 5.02 Å². The molecule has 1 N–H and O–H groups in total. The molecule has 2 heterocycles. The van der Waals surface area contributed by atoms with Gasteiger partial charge in [-0.1, -0.05) is 43.3 Å². The van der Waals surface area contributed by atoms with Gasteiger partial charge < -0.3 is 5.32 Å². The van der Waals surface area contributed by atoms with Crippen LogP contribution < -0.4 is 10.9 Å². The molecule has 0 bridgehead atoms. The normalized spacial score (nSPS) is 11.1. The van der Waals surface area contributed by atoms with E-state index in [1.54, 1.807) is 29.0 Å². The maximum Gasteiger partial charge on any atom is 0.262 e. The van der Waals surface area contributed by atoms with Gasteiger partial charge in [0.05, 0.1) is 28.9 Å². The van der Waals surface area contributed by atoms with E-state index >= 15 is 0 Å². The third kappa shape index (κ3) is 5.11. The largest absolute Gasteiger partial charge is 0.350 e. The Morgan fingerprint density at radius 3 is 2.82 bits per heavy atom. The lowest BCUT2D eigenvalue weighted by atomic mass is 10.2. The fraction of sp³-hybridized carbons (Fsp3) is 0.300. The number of benzene rings is 1. The van der Waals surface area contributed by atoms with E-state index in [1.807, 2.05) is 32.0 Å². The summed E-state index contributed by atoms with van der Waals surface area (Å²) in [5.41, 5.74) is 1.22. The number of thioether (sulfide) groups is 1. The molecule has 0 radical (unpaired) electrons. The maximum atomic E-state index is 12.9. The highest BCUT2D eigenvalue weighted by Gasteiger charge is 2.14. The number of hydrogen-bond donors (Lipinski definition) is 1. The van der Waals surface area contributed by atoms with Gasteiger partial charge in [-0.15, -0.1) is 0 Å². The minimum atomic E-state index is -0.141. The van der Waals surface area contributed by atoms with Gasteiger partial charge in [-0.25, -0.2) is 4.98 Å². The average molecular weight is 417 g/mol. The first-order valence-corrected chi connectivity index (χ1v) is 10.3. The molecule has 0 aliphatic carbocycles. The molecule has 0 spiro atoms. The second-order valence-electron chi connectivity index (χ2n) is 6.75. The molecule has 1 aromatic carbocycles. The quantitative estimate of drug-likeness (QED) is 0.471. The third-order valence-electron chi connectivity index (χ3n) is 3.95.